The fourth-order valence-corrected chi connectivity index (χ4v) is 5.14. The predicted molar refractivity (Wildman–Crippen MR) is 124 cm³/mol. The van der Waals surface area contributed by atoms with Crippen LogP contribution in [0.15, 0.2) is 97.2 Å². The zero-order valence-corrected chi connectivity index (χ0v) is 16.6. The van der Waals surface area contributed by atoms with E-state index in [1.165, 1.54) is 37.5 Å². The lowest BCUT2D eigenvalue weighted by Crippen LogP contribution is -1.98. The van der Waals surface area contributed by atoms with Gasteiger partial charge in [0, 0.05) is 29.2 Å². The molecule has 0 atom stereocenters. The minimum atomic E-state index is 0.840. The normalized spacial score (nSPS) is 11.6. The Kier molecular flexibility index (Phi) is 3.74. The highest BCUT2D eigenvalue weighted by Gasteiger charge is 2.14. The first kappa shape index (κ1) is 16.5. The van der Waals surface area contributed by atoms with Gasteiger partial charge in [-0.3, -0.25) is 0 Å². The molecule has 29 heavy (non-hydrogen) atoms. The first-order valence-corrected chi connectivity index (χ1v) is 10.6. The molecule has 2 aromatic heterocycles. The van der Waals surface area contributed by atoms with Gasteiger partial charge < -0.3 is 4.57 Å². The lowest BCUT2D eigenvalue weighted by atomic mass is 10.0. The number of benzene rings is 4. The first-order valence-electron chi connectivity index (χ1n) is 9.77. The van der Waals surface area contributed by atoms with Crippen LogP contribution < -0.4 is 0 Å². The van der Waals surface area contributed by atoms with Crippen molar-refractivity contribution in [2.45, 2.75) is 6.54 Å². The average molecular weight is 391 g/mol. The molecule has 0 fully saturated rings. The maximum Gasteiger partial charge on any atom is 0.126 e. The minimum Gasteiger partial charge on any atom is -0.342 e. The van der Waals surface area contributed by atoms with E-state index in [0.717, 1.165) is 17.1 Å². The summed E-state index contributed by atoms with van der Waals surface area (Å²) >= 11 is 1.76. The molecule has 138 valence electrons. The number of para-hydroxylation sites is 2. The van der Waals surface area contributed by atoms with E-state index in [1.54, 1.807) is 11.3 Å². The molecule has 0 saturated heterocycles. The maximum absolute atomic E-state index is 4.91. The number of aromatic nitrogens is 2. The van der Waals surface area contributed by atoms with Gasteiger partial charge in [0.1, 0.15) is 5.01 Å². The molecular weight excluding hydrogens is 372 g/mol. The van der Waals surface area contributed by atoms with E-state index < -0.39 is 0 Å². The Labute approximate surface area is 172 Å². The molecule has 0 aliphatic heterocycles. The second-order valence-corrected chi connectivity index (χ2v) is 8.34. The molecule has 0 N–H and O–H groups in total. The standard InChI is InChI=1S/C26H18N2S/c1-2-11-20-18(8-1)9-7-10-19(20)16-28-17-22(21-12-3-5-14-24(21)28)26-27-23-13-4-6-15-25(23)29-26/h1-15,17H,16H2. The van der Waals surface area contributed by atoms with E-state index in [9.17, 15) is 0 Å². The van der Waals surface area contributed by atoms with E-state index in [4.69, 9.17) is 4.98 Å². The minimum absolute atomic E-state index is 0.840. The van der Waals surface area contributed by atoms with Crippen LogP contribution in [0.25, 0.3) is 42.5 Å². The van der Waals surface area contributed by atoms with Gasteiger partial charge in [0.15, 0.2) is 0 Å². The lowest BCUT2D eigenvalue weighted by molar-refractivity contribution is 0.844. The summed E-state index contributed by atoms with van der Waals surface area (Å²) in [5, 5.41) is 4.94. The SMILES string of the molecule is c1ccc2c(Cn3cc(-c4nc5ccccc5s4)c4ccccc43)cccc2c1. The molecule has 0 radical (unpaired) electrons. The van der Waals surface area contributed by atoms with Gasteiger partial charge in [-0.25, -0.2) is 4.98 Å². The second-order valence-electron chi connectivity index (χ2n) is 7.31. The van der Waals surface area contributed by atoms with Crippen molar-refractivity contribution in [1.82, 2.24) is 9.55 Å². The van der Waals surface area contributed by atoms with Crippen molar-refractivity contribution in [3.63, 3.8) is 0 Å². The van der Waals surface area contributed by atoms with E-state index >= 15 is 0 Å². The maximum atomic E-state index is 4.91. The highest BCUT2D eigenvalue weighted by molar-refractivity contribution is 7.21. The molecule has 2 heterocycles. The molecule has 4 aromatic carbocycles. The Hall–Kier alpha value is -3.43. The molecule has 0 amide bonds. The number of hydrogen-bond donors (Lipinski definition) is 0. The summed E-state index contributed by atoms with van der Waals surface area (Å²) in [7, 11) is 0. The van der Waals surface area contributed by atoms with Crippen LogP contribution in [-0.2, 0) is 6.54 Å². The first-order chi connectivity index (χ1) is 14.4. The summed E-state index contributed by atoms with van der Waals surface area (Å²) in [5.41, 5.74) is 4.86. The molecule has 0 spiro atoms. The van der Waals surface area contributed by atoms with Gasteiger partial charge >= 0.3 is 0 Å². The second kappa shape index (κ2) is 6.57. The Morgan fingerprint density at radius 1 is 0.724 bits per heavy atom. The van der Waals surface area contributed by atoms with Gasteiger partial charge in [-0.1, -0.05) is 72.8 Å². The molecule has 0 unspecified atom stereocenters. The summed E-state index contributed by atoms with van der Waals surface area (Å²) in [4.78, 5) is 4.91. The third kappa shape index (κ3) is 2.74. The predicted octanol–water partition coefficient (Wildman–Crippen LogP) is 7.12. The van der Waals surface area contributed by atoms with E-state index in [2.05, 4.69) is 102 Å². The van der Waals surface area contributed by atoms with Gasteiger partial charge in [-0.05, 0) is 34.5 Å². The summed E-state index contributed by atoms with van der Waals surface area (Å²) < 4.78 is 3.59. The molecule has 0 aliphatic rings. The van der Waals surface area contributed by atoms with Crippen LogP contribution in [0.3, 0.4) is 0 Å². The zero-order chi connectivity index (χ0) is 19.2. The molecule has 0 bridgehead atoms. The van der Waals surface area contributed by atoms with Crippen LogP contribution in [0.5, 0.6) is 0 Å². The smallest absolute Gasteiger partial charge is 0.126 e. The van der Waals surface area contributed by atoms with Crippen molar-refractivity contribution < 1.29 is 0 Å². The van der Waals surface area contributed by atoms with Crippen molar-refractivity contribution in [3.8, 4) is 10.6 Å². The quantitative estimate of drug-likeness (QED) is 0.314. The Bertz CT molecular complexity index is 1450. The summed E-state index contributed by atoms with van der Waals surface area (Å²) in [5.74, 6) is 0. The third-order valence-electron chi connectivity index (χ3n) is 5.53. The number of rotatable bonds is 3. The van der Waals surface area contributed by atoms with Gasteiger partial charge in [0.25, 0.3) is 0 Å². The van der Waals surface area contributed by atoms with E-state index in [-0.39, 0.29) is 0 Å². The van der Waals surface area contributed by atoms with Crippen LogP contribution in [-0.4, -0.2) is 9.55 Å². The van der Waals surface area contributed by atoms with Crippen LogP contribution in [0, 0.1) is 0 Å². The molecule has 2 nitrogen and oxygen atoms in total. The monoisotopic (exact) mass is 390 g/mol. The molecule has 0 aliphatic carbocycles. The van der Waals surface area contributed by atoms with Gasteiger partial charge in [-0.15, -0.1) is 11.3 Å². The molecule has 6 rings (SSSR count). The third-order valence-corrected chi connectivity index (χ3v) is 6.60. The largest absolute Gasteiger partial charge is 0.342 e. The number of nitrogens with zero attached hydrogens (tertiary/aromatic N) is 2. The summed E-state index contributed by atoms with van der Waals surface area (Å²) in [6, 6.07) is 32.2. The molecule has 0 saturated carbocycles. The number of thiazole rings is 1. The highest BCUT2D eigenvalue weighted by atomic mass is 32.1. The van der Waals surface area contributed by atoms with Gasteiger partial charge in [-0.2, -0.15) is 0 Å². The highest BCUT2D eigenvalue weighted by Crippen LogP contribution is 2.36. The summed E-state index contributed by atoms with van der Waals surface area (Å²) in [6.07, 6.45) is 2.27. The summed E-state index contributed by atoms with van der Waals surface area (Å²) in [6.45, 7) is 0.840. The number of fused-ring (bicyclic) bond motifs is 3. The van der Waals surface area contributed by atoms with E-state index in [0.29, 0.717) is 0 Å². The molecular formula is C26H18N2S. The topological polar surface area (TPSA) is 17.8 Å². The van der Waals surface area contributed by atoms with Crippen LogP contribution >= 0.6 is 11.3 Å². The molecule has 6 aromatic rings. The van der Waals surface area contributed by atoms with Crippen LogP contribution in [0.1, 0.15) is 5.56 Å². The fraction of sp³-hybridized carbons (Fsp3) is 0.0385. The fourth-order valence-electron chi connectivity index (χ4n) is 4.15. The Morgan fingerprint density at radius 2 is 1.48 bits per heavy atom. The van der Waals surface area contributed by atoms with Gasteiger partial charge in [0.2, 0.25) is 0 Å². The van der Waals surface area contributed by atoms with Gasteiger partial charge in [0.05, 0.1) is 10.2 Å². The van der Waals surface area contributed by atoms with Crippen molar-refractivity contribution in [2.75, 3.05) is 0 Å². The molecule has 3 heteroatoms. The van der Waals surface area contributed by atoms with Crippen molar-refractivity contribution in [1.29, 1.82) is 0 Å². The van der Waals surface area contributed by atoms with Crippen LogP contribution in [0.2, 0.25) is 0 Å². The van der Waals surface area contributed by atoms with Crippen molar-refractivity contribution in [3.05, 3.63) is 103 Å². The van der Waals surface area contributed by atoms with Crippen LogP contribution in [0.4, 0.5) is 0 Å². The average Bonchev–Trinajstić information content (AvgIpc) is 3.36. The zero-order valence-electron chi connectivity index (χ0n) is 15.7. The Morgan fingerprint density at radius 3 is 2.41 bits per heavy atom. The Balaban J connectivity index is 1.53. The number of hydrogen-bond acceptors (Lipinski definition) is 2. The lowest BCUT2D eigenvalue weighted by Gasteiger charge is -2.09. The van der Waals surface area contributed by atoms with Crippen molar-refractivity contribution in [2.24, 2.45) is 0 Å². The van der Waals surface area contributed by atoms with Crippen molar-refractivity contribution >= 4 is 43.2 Å². The van der Waals surface area contributed by atoms with E-state index in [1.807, 2.05) is 0 Å².